The van der Waals surface area contributed by atoms with Gasteiger partial charge in [-0.3, -0.25) is 9.59 Å². The van der Waals surface area contributed by atoms with E-state index in [1.54, 1.807) is 4.90 Å². The van der Waals surface area contributed by atoms with Gasteiger partial charge in [-0.2, -0.15) is 0 Å². The van der Waals surface area contributed by atoms with Gasteiger partial charge in [-0.25, -0.2) is 0 Å². The molecular formula is C19H29N3O3. The Morgan fingerprint density at radius 2 is 1.88 bits per heavy atom. The van der Waals surface area contributed by atoms with Crippen LogP contribution in [-0.2, 0) is 20.9 Å². The number of benzene rings is 1. The second-order valence-corrected chi connectivity index (χ2v) is 6.86. The lowest BCUT2D eigenvalue weighted by atomic mass is 10.1. The van der Waals surface area contributed by atoms with E-state index in [-0.39, 0.29) is 30.4 Å². The highest BCUT2D eigenvalue weighted by atomic mass is 16.5. The molecule has 2 rings (SSSR count). The van der Waals surface area contributed by atoms with Crippen LogP contribution in [0.5, 0.6) is 0 Å². The lowest BCUT2D eigenvalue weighted by molar-refractivity contribution is -0.135. The summed E-state index contributed by atoms with van der Waals surface area (Å²) in [6.07, 6.45) is 1.81. The Balaban J connectivity index is 1.67. The molecule has 0 aliphatic carbocycles. The second kappa shape index (κ2) is 9.53. The monoisotopic (exact) mass is 347 g/mol. The van der Waals surface area contributed by atoms with Crippen molar-refractivity contribution in [3.05, 3.63) is 35.9 Å². The second-order valence-electron chi connectivity index (χ2n) is 6.86. The lowest BCUT2D eigenvalue weighted by Gasteiger charge is -2.32. The summed E-state index contributed by atoms with van der Waals surface area (Å²) in [7, 11) is 0. The van der Waals surface area contributed by atoms with Crippen LogP contribution in [0.2, 0.25) is 0 Å². The van der Waals surface area contributed by atoms with Crippen LogP contribution in [0.15, 0.2) is 30.3 Å². The number of likely N-dealkylation sites (tertiary alicyclic amines) is 1. The smallest absolute Gasteiger partial charge is 0.241 e. The SMILES string of the molecule is CC(C)[C@H](N)C(=O)NCC(=O)N1CCC(OCc2ccccc2)CC1. The van der Waals surface area contributed by atoms with Crippen LogP contribution < -0.4 is 11.1 Å². The first-order chi connectivity index (χ1) is 12.0. The van der Waals surface area contributed by atoms with Gasteiger partial charge in [0.1, 0.15) is 0 Å². The van der Waals surface area contributed by atoms with Gasteiger partial charge in [0.25, 0.3) is 0 Å². The zero-order chi connectivity index (χ0) is 18.2. The number of carbonyl (C=O) groups excluding carboxylic acids is 2. The Bertz CT molecular complexity index is 554. The number of nitrogens with one attached hydrogen (secondary N) is 1. The van der Waals surface area contributed by atoms with Crippen molar-refractivity contribution < 1.29 is 14.3 Å². The summed E-state index contributed by atoms with van der Waals surface area (Å²) in [6.45, 7) is 5.69. The molecule has 1 aromatic rings. The van der Waals surface area contributed by atoms with Gasteiger partial charge in [0.15, 0.2) is 0 Å². The molecule has 1 aromatic carbocycles. The van der Waals surface area contributed by atoms with Gasteiger partial charge in [-0.15, -0.1) is 0 Å². The zero-order valence-electron chi connectivity index (χ0n) is 15.1. The number of carbonyl (C=O) groups is 2. The average Bonchev–Trinajstić information content (AvgIpc) is 2.64. The minimum Gasteiger partial charge on any atom is -0.373 e. The summed E-state index contributed by atoms with van der Waals surface area (Å²) >= 11 is 0. The van der Waals surface area contributed by atoms with Gasteiger partial charge in [0, 0.05) is 13.1 Å². The summed E-state index contributed by atoms with van der Waals surface area (Å²) in [5, 5.41) is 2.63. The quantitative estimate of drug-likeness (QED) is 0.778. The molecule has 2 amide bonds. The molecule has 1 saturated heterocycles. The van der Waals surface area contributed by atoms with Crippen LogP contribution >= 0.6 is 0 Å². The molecule has 1 aliphatic heterocycles. The maximum Gasteiger partial charge on any atom is 0.241 e. The molecule has 1 atom stereocenters. The predicted octanol–water partition coefficient (Wildman–Crippen LogP) is 1.29. The third-order valence-electron chi connectivity index (χ3n) is 4.56. The Hall–Kier alpha value is -1.92. The number of nitrogens with two attached hydrogens (primary N) is 1. The predicted molar refractivity (Wildman–Crippen MR) is 96.7 cm³/mol. The number of hydrogen-bond acceptors (Lipinski definition) is 4. The molecule has 138 valence electrons. The maximum absolute atomic E-state index is 12.2. The number of nitrogens with zero attached hydrogens (tertiary/aromatic N) is 1. The van der Waals surface area contributed by atoms with Crippen LogP contribution in [0.25, 0.3) is 0 Å². The van der Waals surface area contributed by atoms with Gasteiger partial charge < -0.3 is 20.7 Å². The minimum absolute atomic E-state index is 0.00872. The molecule has 0 bridgehead atoms. The van der Waals surface area contributed by atoms with Gasteiger partial charge >= 0.3 is 0 Å². The molecule has 1 heterocycles. The summed E-state index contributed by atoms with van der Waals surface area (Å²) in [4.78, 5) is 25.8. The first kappa shape index (κ1) is 19.4. The molecule has 0 unspecified atom stereocenters. The third-order valence-corrected chi connectivity index (χ3v) is 4.56. The Labute approximate surface area is 149 Å². The van der Waals surface area contributed by atoms with Crippen LogP contribution in [0, 0.1) is 5.92 Å². The largest absolute Gasteiger partial charge is 0.373 e. The van der Waals surface area contributed by atoms with Crippen molar-refractivity contribution >= 4 is 11.8 Å². The Kier molecular flexibility index (Phi) is 7.40. The first-order valence-corrected chi connectivity index (χ1v) is 8.94. The number of ether oxygens (including phenoxy) is 1. The summed E-state index contributed by atoms with van der Waals surface area (Å²) < 4.78 is 5.93. The van der Waals surface area contributed by atoms with Crippen molar-refractivity contribution in [2.45, 2.75) is 45.4 Å². The van der Waals surface area contributed by atoms with E-state index in [0.29, 0.717) is 19.7 Å². The van der Waals surface area contributed by atoms with Gasteiger partial charge in [-0.05, 0) is 24.3 Å². The van der Waals surface area contributed by atoms with E-state index >= 15 is 0 Å². The standard InChI is InChI=1S/C19H29N3O3/c1-14(2)18(20)19(24)21-12-17(23)22-10-8-16(9-11-22)25-13-15-6-4-3-5-7-15/h3-7,14,16,18H,8-13,20H2,1-2H3,(H,21,24)/t18-/m0/s1. The van der Waals surface area contributed by atoms with Crippen molar-refractivity contribution in [2.24, 2.45) is 11.7 Å². The zero-order valence-corrected chi connectivity index (χ0v) is 15.1. The molecule has 6 nitrogen and oxygen atoms in total. The fourth-order valence-corrected chi connectivity index (χ4v) is 2.76. The molecule has 1 aliphatic rings. The van der Waals surface area contributed by atoms with E-state index < -0.39 is 6.04 Å². The van der Waals surface area contributed by atoms with Crippen molar-refractivity contribution in [1.29, 1.82) is 0 Å². The summed E-state index contributed by atoms with van der Waals surface area (Å²) in [5.74, 6) is -0.289. The number of rotatable bonds is 7. The van der Waals surface area contributed by atoms with Gasteiger partial charge in [0.05, 0.1) is 25.3 Å². The Morgan fingerprint density at radius 1 is 1.24 bits per heavy atom. The van der Waals surface area contributed by atoms with Crippen LogP contribution in [-0.4, -0.2) is 48.5 Å². The molecular weight excluding hydrogens is 318 g/mol. The van der Waals surface area contributed by atoms with Crippen molar-refractivity contribution in [3.8, 4) is 0 Å². The van der Waals surface area contributed by atoms with E-state index in [0.717, 1.165) is 18.4 Å². The van der Waals surface area contributed by atoms with E-state index in [4.69, 9.17) is 10.5 Å². The molecule has 0 saturated carbocycles. The van der Waals surface area contributed by atoms with E-state index in [1.165, 1.54) is 0 Å². The maximum atomic E-state index is 12.2. The first-order valence-electron chi connectivity index (χ1n) is 8.94. The topological polar surface area (TPSA) is 84.7 Å². The van der Waals surface area contributed by atoms with E-state index in [1.807, 2.05) is 44.2 Å². The van der Waals surface area contributed by atoms with Crippen LogP contribution in [0.1, 0.15) is 32.3 Å². The van der Waals surface area contributed by atoms with Crippen molar-refractivity contribution in [3.63, 3.8) is 0 Å². The summed E-state index contributed by atoms with van der Waals surface area (Å²) in [6, 6.07) is 9.50. The van der Waals surface area contributed by atoms with Crippen molar-refractivity contribution in [1.82, 2.24) is 10.2 Å². The number of piperidine rings is 1. The number of hydrogen-bond donors (Lipinski definition) is 2. The highest BCUT2D eigenvalue weighted by Crippen LogP contribution is 2.15. The third kappa shape index (κ3) is 6.14. The van der Waals surface area contributed by atoms with Gasteiger partial charge in [-0.1, -0.05) is 44.2 Å². The Morgan fingerprint density at radius 3 is 2.48 bits per heavy atom. The lowest BCUT2D eigenvalue weighted by Crippen LogP contribution is -2.49. The average molecular weight is 347 g/mol. The minimum atomic E-state index is -0.579. The highest BCUT2D eigenvalue weighted by molar-refractivity contribution is 5.87. The molecule has 25 heavy (non-hydrogen) atoms. The van der Waals surface area contributed by atoms with Gasteiger partial charge in [0.2, 0.25) is 11.8 Å². The molecule has 6 heteroatoms. The molecule has 0 aromatic heterocycles. The molecule has 0 radical (unpaired) electrons. The summed E-state index contributed by atoms with van der Waals surface area (Å²) in [5.41, 5.74) is 6.93. The van der Waals surface area contributed by atoms with Crippen LogP contribution in [0.3, 0.4) is 0 Å². The fraction of sp³-hybridized carbons (Fsp3) is 0.579. The number of amides is 2. The van der Waals surface area contributed by atoms with Crippen molar-refractivity contribution in [2.75, 3.05) is 19.6 Å². The van der Waals surface area contributed by atoms with Crippen LogP contribution in [0.4, 0.5) is 0 Å². The molecule has 3 N–H and O–H groups in total. The normalized spacial score (nSPS) is 16.7. The van der Waals surface area contributed by atoms with E-state index in [2.05, 4.69) is 5.32 Å². The highest BCUT2D eigenvalue weighted by Gasteiger charge is 2.24. The fourth-order valence-electron chi connectivity index (χ4n) is 2.76. The molecule has 1 fully saturated rings. The van der Waals surface area contributed by atoms with E-state index in [9.17, 15) is 9.59 Å². The molecule has 0 spiro atoms.